The van der Waals surface area contributed by atoms with Crippen molar-refractivity contribution in [3.05, 3.63) is 17.6 Å². The molecule has 0 radical (unpaired) electrons. The molecule has 0 saturated heterocycles. The van der Waals surface area contributed by atoms with Gasteiger partial charge in [0.1, 0.15) is 11.6 Å². The van der Waals surface area contributed by atoms with Gasteiger partial charge in [0.2, 0.25) is 0 Å². The molecular formula is C14H23N3. The summed E-state index contributed by atoms with van der Waals surface area (Å²) in [5, 5.41) is 3.50. The van der Waals surface area contributed by atoms with Gasteiger partial charge in [-0.2, -0.15) is 0 Å². The molecule has 2 rings (SSSR count). The molecule has 1 N–H and O–H groups in total. The highest BCUT2D eigenvalue weighted by atomic mass is 15.0. The topological polar surface area (TPSA) is 37.8 Å². The SMILES string of the molecule is CCc1cc(NCC2(CC)CCC2)nc(C)n1. The van der Waals surface area contributed by atoms with E-state index in [1.54, 1.807) is 0 Å². The number of hydrogen-bond donors (Lipinski definition) is 1. The summed E-state index contributed by atoms with van der Waals surface area (Å²) in [4.78, 5) is 8.86. The fraction of sp³-hybridized carbons (Fsp3) is 0.714. The molecule has 1 aliphatic carbocycles. The van der Waals surface area contributed by atoms with Gasteiger partial charge in [-0.05, 0) is 38.0 Å². The van der Waals surface area contributed by atoms with E-state index in [0.29, 0.717) is 5.41 Å². The molecule has 0 aliphatic heterocycles. The van der Waals surface area contributed by atoms with Gasteiger partial charge in [0.25, 0.3) is 0 Å². The van der Waals surface area contributed by atoms with Gasteiger partial charge < -0.3 is 5.32 Å². The van der Waals surface area contributed by atoms with Crippen LogP contribution in [0.1, 0.15) is 51.0 Å². The predicted molar refractivity (Wildman–Crippen MR) is 71.2 cm³/mol. The van der Waals surface area contributed by atoms with E-state index >= 15 is 0 Å². The average molecular weight is 233 g/mol. The molecule has 0 bridgehead atoms. The van der Waals surface area contributed by atoms with E-state index in [4.69, 9.17) is 0 Å². The molecule has 0 amide bonds. The Bertz CT molecular complexity index is 378. The maximum absolute atomic E-state index is 4.46. The Morgan fingerprint density at radius 3 is 2.59 bits per heavy atom. The minimum absolute atomic E-state index is 0.533. The highest BCUT2D eigenvalue weighted by molar-refractivity contribution is 5.36. The molecule has 1 aliphatic rings. The van der Waals surface area contributed by atoms with Crippen LogP contribution in [0.25, 0.3) is 0 Å². The van der Waals surface area contributed by atoms with Crippen molar-refractivity contribution >= 4 is 5.82 Å². The normalized spacial score (nSPS) is 17.6. The Balaban J connectivity index is 2.01. The Morgan fingerprint density at radius 1 is 1.29 bits per heavy atom. The Labute approximate surface area is 104 Å². The summed E-state index contributed by atoms with van der Waals surface area (Å²) in [5.74, 6) is 1.86. The predicted octanol–water partition coefficient (Wildman–Crippen LogP) is 3.34. The molecule has 0 spiro atoms. The van der Waals surface area contributed by atoms with Gasteiger partial charge in [-0.1, -0.05) is 20.3 Å². The summed E-state index contributed by atoms with van der Waals surface area (Å²) in [7, 11) is 0. The number of aryl methyl sites for hydroxylation is 2. The van der Waals surface area contributed by atoms with Crippen molar-refractivity contribution in [3.63, 3.8) is 0 Å². The second-order valence-electron chi connectivity index (χ2n) is 5.21. The molecule has 0 unspecified atom stereocenters. The molecule has 3 nitrogen and oxygen atoms in total. The molecule has 1 aromatic heterocycles. The van der Waals surface area contributed by atoms with Crippen molar-refractivity contribution in [2.24, 2.45) is 5.41 Å². The molecule has 94 valence electrons. The third kappa shape index (κ3) is 2.76. The van der Waals surface area contributed by atoms with Gasteiger partial charge in [0, 0.05) is 18.3 Å². The zero-order valence-electron chi connectivity index (χ0n) is 11.2. The second-order valence-corrected chi connectivity index (χ2v) is 5.21. The van der Waals surface area contributed by atoms with Crippen LogP contribution in [0.15, 0.2) is 6.07 Å². The van der Waals surface area contributed by atoms with E-state index in [-0.39, 0.29) is 0 Å². The summed E-state index contributed by atoms with van der Waals surface area (Å²) < 4.78 is 0. The smallest absolute Gasteiger partial charge is 0.129 e. The Hall–Kier alpha value is -1.12. The molecule has 0 aromatic carbocycles. The van der Waals surface area contributed by atoms with E-state index < -0.39 is 0 Å². The van der Waals surface area contributed by atoms with Crippen LogP contribution in [0, 0.1) is 12.3 Å². The number of anilines is 1. The first kappa shape index (κ1) is 12.3. The summed E-state index contributed by atoms with van der Waals surface area (Å²) in [6.07, 6.45) is 6.35. The van der Waals surface area contributed by atoms with Gasteiger partial charge in [0.05, 0.1) is 0 Å². The fourth-order valence-electron chi connectivity index (χ4n) is 2.51. The lowest BCUT2D eigenvalue weighted by molar-refractivity contribution is 0.145. The minimum atomic E-state index is 0.533. The van der Waals surface area contributed by atoms with Crippen LogP contribution in [0.5, 0.6) is 0 Å². The number of hydrogen-bond acceptors (Lipinski definition) is 3. The summed E-state index contributed by atoms with van der Waals surface area (Å²) in [6.45, 7) is 7.45. The average Bonchev–Trinajstić information content (AvgIpc) is 2.27. The van der Waals surface area contributed by atoms with Crippen molar-refractivity contribution in [2.75, 3.05) is 11.9 Å². The first-order valence-corrected chi connectivity index (χ1v) is 6.76. The number of nitrogens with one attached hydrogen (secondary N) is 1. The number of rotatable bonds is 5. The lowest BCUT2D eigenvalue weighted by Crippen LogP contribution is -2.36. The van der Waals surface area contributed by atoms with Crippen LogP contribution in [0.2, 0.25) is 0 Å². The first-order chi connectivity index (χ1) is 8.17. The Kier molecular flexibility index (Phi) is 3.65. The molecule has 17 heavy (non-hydrogen) atoms. The second kappa shape index (κ2) is 5.03. The number of nitrogens with zero attached hydrogens (tertiary/aromatic N) is 2. The van der Waals surface area contributed by atoms with Crippen molar-refractivity contribution < 1.29 is 0 Å². The van der Waals surface area contributed by atoms with Crippen LogP contribution < -0.4 is 5.32 Å². The van der Waals surface area contributed by atoms with Crippen LogP contribution in [0.3, 0.4) is 0 Å². The van der Waals surface area contributed by atoms with Crippen molar-refractivity contribution in [2.45, 2.75) is 52.9 Å². The van der Waals surface area contributed by atoms with Crippen LogP contribution in [-0.4, -0.2) is 16.5 Å². The van der Waals surface area contributed by atoms with Crippen molar-refractivity contribution in [1.29, 1.82) is 0 Å². The van der Waals surface area contributed by atoms with Gasteiger partial charge in [-0.3, -0.25) is 0 Å². The molecule has 1 aromatic rings. The molecule has 1 saturated carbocycles. The molecular weight excluding hydrogens is 210 g/mol. The zero-order chi connectivity index (χ0) is 12.3. The third-order valence-electron chi connectivity index (χ3n) is 4.06. The minimum Gasteiger partial charge on any atom is -0.369 e. The van der Waals surface area contributed by atoms with Crippen LogP contribution in [0.4, 0.5) is 5.82 Å². The maximum Gasteiger partial charge on any atom is 0.129 e. The monoisotopic (exact) mass is 233 g/mol. The van der Waals surface area contributed by atoms with Gasteiger partial charge in [-0.15, -0.1) is 0 Å². The summed E-state index contributed by atoms with van der Waals surface area (Å²) in [5.41, 5.74) is 1.66. The van der Waals surface area contributed by atoms with Gasteiger partial charge >= 0.3 is 0 Å². The van der Waals surface area contributed by atoms with Crippen LogP contribution >= 0.6 is 0 Å². The van der Waals surface area contributed by atoms with Gasteiger partial charge in [0.15, 0.2) is 0 Å². The molecule has 1 heterocycles. The molecule has 1 fully saturated rings. The van der Waals surface area contributed by atoms with Crippen molar-refractivity contribution in [1.82, 2.24) is 9.97 Å². The largest absolute Gasteiger partial charge is 0.369 e. The lowest BCUT2D eigenvalue weighted by Gasteiger charge is -2.41. The Morgan fingerprint density at radius 2 is 2.06 bits per heavy atom. The molecule has 3 heteroatoms. The molecule has 0 atom stereocenters. The van der Waals surface area contributed by atoms with E-state index in [1.165, 1.54) is 25.7 Å². The van der Waals surface area contributed by atoms with Crippen LogP contribution in [-0.2, 0) is 6.42 Å². The van der Waals surface area contributed by atoms with Crippen molar-refractivity contribution in [3.8, 4) is 0 Å². The highest BCUT2D eigenvalue weighted by Gasteiger charge is 2.34. The number of aromatic nitrogens is 2. The standard InChI is InChI=1S/C14H23N3/c1-4-12-9-13(17-11(3)16-12)15-10-14(5-2)7-6-8-14/h9H,4-8,10H2,1-3H3,(H,15,16,17). The zero-order valence-corrected chi connectivity index (χ0v) is 11.2. The summed E-state index contributed by atoms with van der Waals surface area (Å²) >= 11 is 0. The highest BCUT2D eigenvalue weighted by Crippen LogP contribution is 2.43. The maximum atomic E-state index is 4.46. The quantitative estimate of drug-likeness (QED) is 0.847. The van der Waals surface area contributed by atoms with Gasteiger partial charge in [-0.25, -0.2) is 9.97 Å². The third-order valence-corrected chi connectivity index (χ3v) is 4.06. The fourth-order valence-corrected chi connectivity index (χ4v) is 2.51. The van der Waals surface area contributed by atoms with E-state index in [1.807, 2.05) is 6.92 Å². The lowest BCUT2D eigenvalue weighted by atomic mass is 9.67. The van der Waals surface area contributed by atoms with E-state index in [2.05, 4.69) is 35.2 Å². The van der Waals surface area contributed by atoms with E-state index in [0.717, 1.165) is 30.3 Å². The summed E-state index contributed by atoms with van der Waals surface area (Å²) in [6, 6.07) is 2.08. The van der Waals surface area contributed by atoms with E-state index in [9.17, 15) is 0 Å². The first-order valence-electron chi connectivity index (χ1n) is 6.76.